The molecule has 0 aliphatic rings. The van der Waals surface area contributed by atoms with Gasteiger partial charge in [0.25, 0.3) is 0 Å². The fourth-order valence-electron chi connectivity index (χ4n) is 2.04. The van der Waals surface area contributed by atoms with Gasteiger partial charge in [-0.05, 0) is 36.2 Å². The van der Waals surface area contributed by atoms with E-state index in [2.05, 4.69) is 12.1 Å². The Kier molecular flexibility index (Phi) is 4.65. The third-order valence-corrected chi connectivity index (χ3v) is 3.78. The number of halogens is 2. The molecule has 0 amide bonds. The van der Waals surface area contributed by atoms with E-state index in [0.717, 1.165) is 12.0 Å². The van der Waals surface area contributed by atoms with Crippen molar-refractivity contribution in [1.29, 1.82) is 0 Å². The number of rotatable bonds is 4. The highest BCUT2D eigenvalue weighted by Gasteiger charge is 2.14. The second kappa shape index (κ2) is 6.24. The normalized spacial score (nSPS) is 12.4. The maximum Gasteiger partial charge on any atom is 0.0453 e. The summed E-state index contributed by atoms with van der Waals surface area (Å²) < 4.78 is 0. The SMILES string of the molecule is NCC(Cc1c(Cl)cccc1Cl)c1ccccc1. The van der Waals surface area contributed by atoms with Gasteiger partial charge in [-0.3, -0.25) is 0 Å². The van der Waals surface area contributed by atoms with Crippen molar-refractivity contribution in [2.24, 2.45) is 5.73 Å². The van der Waals surface area contributed by atoms with E-state index in [-0.39, 0.29) is 5.92 Å². The Bertz CT molecular complexity index is 491. The summed E-state index contributed by atoms with van der Waals surface area (Å²) in [6.07, 6.45) is 0.763. The van der Waals surface area contributed by atoms with Crippen LogP contribution in [0.5, 0.6) is 0 Å². The van der Waals surface area contributed by atoms with Gasteiger partial charge in [-0.2, -0.15) is 0 Å². The van der Waals surface area contributed by atoms with Gasteiger partial charge in [-0.25, -0.2) is 0 Å². The Morgan fingerprint density at radius 3 is 2.06 bits per heavy atom. The lowest BCUT2D eigenvalue weighted by molar-refractivity contribution is 0.694. The fourth-order valence-corrected chi connectivity index (χ4v) is 2.59. The molecule has 3 heteroatoms. The van der Waals surface area contributed by atoms with Gasteiger partial charge in [-0.15, -0.1) is 0 Å². The van der Waals surface area contributed by atoms with Crippen molar-refractivity contribution in [3.05, 3.63) is 69.7 Å². The van der Waals surface area contributed by atoms with Crippen molar-refractivity contribution < 1.29 is 0 Å². The highest BCUT2D eigenvalue weighted by atomic mass is 35.5. The van der Waals surface area contributed by atoms with E-state index in [1.807, 2.05) is 36.4 Å². The maximum absolute atomic E-state index is 6.19. The summed E-state index contributed by atoms with van der Waals surface area (Å²) in [4.78, 5) is 0. The molecular weight excluding hydrogens is 265 g/mol. The minimum Gasteiger partial charge on any atom is -0.330 e. The first-order valence-corrected chi connectivity index (χ1v) is 6.66. The van der Waals surface area contributed by atoms with E-state index < -0.39 is 0 Å². The van der Waals surface area contributed by atoms with Crippen LogP contribution in [-0.2, 0) is 6.42 Å². The van der Waals surface area contributed by atoms with Gasteiger partial charge in [0.1, 0.15) is 0 Å². The van der Waals surface area contributed by atoms with Gasteiger partial charge >= 0.3 is 0 Å². The zero-order valence-electron chi connectivity index (χ0n) is 9.94. The second-order valence-corrected chi connectivity index (χ2v) is 5.06. The Hall–Kier alpha value is -1.02. The van der Waals surface area contributed by atoms with Crippen LogP contribution < -0.4 is 5.73 Å². The summed E-state index contributed by atoms with van der Waals surface area (Å²) in [6.45, 7) is 0.575. The molecule has 2 aromatic carbocycles. The number of benzene rings is 2. The highest BCUT2D eigenvalue weighted by molar-refractivity contribution is 6.36. The predicted octanol–water partition coefficient (Wildman–Crippen LogP) is 4.28. The molecule has 0 aromatic heterocycles. The van der Waals surface area contributed by atoms with Gasteiger partial charge in [-0.1, -0.05) is 59.6 Å². The molecule has 0 aliphatic heterocycles. The summed E-state index contributed by atoms with van der Waals surface area (Å²) in [6, 6.07) is 15.8. The summed E-state index contributed by atoms with van der Waals surface area (Å²) in [7, 11) is 0. The minimum atomic E-state index is 0.239. The van der Waals surface area contributed by atoms with Crippen LogP contribution in [0.25, 0.3) is 0 Å². The lowest BCUT2D eigenvalue weighted by Gasteiger charge is -2.17. The summed E-state index contributed by atoms with van der Waals surface area (Å²) >= 11 is 12.4. The van der Waals surface area contributed by atoms with Crippen LogP contribution in [-0.4, -0.2) is 6.54 Å². The van der Waals surface area contributed by atoms with Crippen LogP contribution in [0.2, 0.25) is 10.0 Å². The van der Waals surface area contributed by atoms with Crippen LogP contribution in [0, 0.1) is 0 Å². The molecule has 94 valence electrons. The molecule has 0 saturated carbocycles. The summed E-state index contributed by atoms with van der Waals surface area (Å²) in [5.41, 5.74) is 8.06. The van der Waals surface area contributed by atoms with Crippen LogP contribution in [0.15, 0.2) is 48.5 Å². The molecule has 2 N–H and O–H groups in total. The van der Waals surface area contributed by atoms with Crippen LogP contribution in [0.4, 0.5) is 0 Å². The third-order valence-electron chi connectivity index (χ3n) is 3.07. The molecule has 0 radical (unpaired) electrons. The molecule has 0 aliphatic carbocycles. The van der Waals surface area contributed by atoms with E-state index in [1.165, 1.54) is 5.56 Å². The Morgan fingerprint density at radius 1 is 0.889 bits per heavy atom. The molecule has 0 saturated heterocycles. The molecular formula is C15H15Cl2N. The molecule has 2 rings (SSSR count). The average Bonchev–Trinajstić information content (AvgIpc) is 2.40. The van der Waals surface area contributed by atoms with Gasteiger partial charge < -0.3 is 5.73 Å². The molecule has 2 aromatic rings. The largest absolute Gasteiger partial charge is 0.330 e. The number of nitrogens with two attached hydrogens (primary N) is 1. The van der Waals surface area contributed by atoms with E-state index in [1.54, 1.807) is 0 Å². The Morgan fingerprint density at radius 2 is 1.50 bits per heavy atom. The third kappa shape index (κ3) is 3.05. The zero-order valence-corrected chi connectivity index (χ0v) is 11.5. The Balaban J connectivity index is 2.26. The van der Waals surface area contributed by atoms with Crippen molar-refractivity contribution in [1.82, 2.24) is 0 Å². The average molecular weight is 280 g/mol. The molecule has 0 fully saturated rings. The molecule has 0 bridgehead atoms. The first-order chi connectivity index (χ1) is 8.72. The van der Waals surface area contributed by atoms with E-state index in [4.69, 9.17) is 28.9 Å². The van der Waals surface area contributed by atoms with E-state index in [0.29, 0.717) is 16.6 Å². The summed E-state index contributed by atoms with van der Waals surface area (Å²) in [5.74, 6) is 0.239. The first kappa shape index (κ1) is 13.4. The summed E-state index contributed by atoms with van der Waals surface area (Å²) in [5, 5.41) is 1.41. The molecule has 1 unspecified atom stereocenters. The second-order valence-electron chi connectivity index (χ2n) is 4.25. The van der Waals surface area contributed by atoms with E-state index >= 15 is 0 Å². The molecule has 18 heavy (non-hydrogen) atoms. The fraction of sp³-hybridized carbons (Fsp3) is 0.200. The molecule has 0 spiro atoms. The van der Waals surface area contributed by atoms with Gasteiger partial charge in [0.15, 0.2) is 0 Å². The van der Waals surface area contributed by atoms with E-state index in [9.17, 15) is 0 Å². The molecule has 0 heterocycles. The van der Waals surface area contributed by atoms with Crippen molar-refractivity contribution in [3.8, 4) is 0 Å². The number of hydrogen-bond donors (Lipinski definition) is 1. The molecule has 1 nitrogen and oxygen atoms in total. The van der Waals surface area contributed by atoms with Crippen LogP contribution >= 0.6 is 23.2 Å². The lowest BCUT2D eigenvalue weighted by atomic mass is 9.92. The zero-order chi connectivity index (χ0) is 13.0. The standard InChI is InChI=1S/C15H15Cl2N/c16-14-7-4-8-15(17)13(14)9-12(10-18)11-5-2-1-3-6-11/h1-8,12H,9-10,18H2. The maximum atomic E-state index is 6.19. The highest BCUT2D eigenvalue weighted by Crippen LogP contribution is 2.29. The monoisotopic (exact) mass is 279 g/mol. The van der Waals surface area contributed by atoms with Crippen LogP contribution in [0.3, 0.4) is 0 Å². The quantitative estimate of drug-likeness (QED) is 0.888. The van der Waals surface area contributed by atoms with Gasteiger partial charge in [0.2, 0.25) is 0 Å². The smallest absolute Gasteiger partial charge is 0.0453 e. The lowest BCUT2D eigenvalue weighted by Crippen LogP contribution is -2.15. The first-order valence-electron chi connectivity index (χ1n) is 5.90. The van der Waals surface area contributed by atoms with Gasteiger partial charge in [0.05, 0.1) is 0 Å². The van der Waals surface area contributed by atoms with Crippen LogP contribution in [0.1, 0.15) is 17.0 Å². The predicted molar refractivity (Wildman–Crippen MR) is 78.4 cm³/mol. The molecule has 1 atom stereocenters. The van der Waals surface area contributed by atoms with Gasteiger partial charge in [0, 0.05) is 16.0 Å². The Labute approximate surface area is 118 Å². The number of hydrogen-bond acceptors (Lipinski definition) is 1. The topological polar surface area (TPSA) is 26.0 Å². The van der Waals surface area contributed by atoms with Crippen molar-refractivity contribution in [3.63, 3.8) is 0 Å². The van der Waals surface area contributed by atoms with Crippen molar-refractivity contribution >= 4 is 23.2 Å². The minimum absolute atomic E-state index is 0.239. The van der Waals surface area contributed by atoms with Crippen molar-refractivity contribution in [2.45, 2.75) is 12.3 Å². The van der Waals surface area contributed by atoms with Crippen molar-refractivity contribution in [2.75, 3.05) is 6.54 Å².